The van der Waals surface area contributed by atoms with Gasteiger partial charge in [-0.2, -0.15) is 0 Å². The Bertz CT molecular complexity index is 812. The van der Waals surface area contributed by atoms with Crippen LogP contribution in [0.15, 0.2) is 60.8 Å². The molecule has 0 atom stereocenters. The number of hydrogen-bond acceptors (Lipinski definition) is 4. The Hall–Kier alpha value is -2.92. The maximum atomic E-state index is 11.7. The predicted molar refractivity (Wildman–Crippen MR) is 84.2 cm³/mol. The van der Waals surface area contributed by atoms with Crippen molar-refractivity contribution in [2.45, 2.75) is 6.61 Å². The highest BCUT2D eigenvalue weighted by Gasteiger charge is 2.11. The molecule has 0 bridgehead atoms. The minimum atomic E-state index is -0.379. The third-order valence-electron chi connectivity index (χ3n) is 3.39. The first-order valence-corrected chi connectivity index (χ1v) is 6.85. The van der Waals surface area contributed by atoms with Crippen LogP contribution in [0.3, 0.4) is 0 Å². The lowest BCUT2D eigenvalue weighted by Gasteiger charge is -2.11. The number of para-hydroxylation sites is 2. The molecule has 1 amide bonds. The van der Waals surface area contributed by atoms with Crippen LogP contribution in [0.1, 0.15) is 15.9 Å². The maximum Gasteiger partial charge on any atom is 0.268 e. The highest BCUT2D eigenvalue weighted by Crippen LogP contribution is 2.22. The van der Waals surface area contributed by atoms with Crippen molar-refractivity contribution in [1.82, 2.24) is 10.4 Å². The fraction of sp³-hybridized carbons (Fsp3) is 0.0588. The smallest absolute Gasteiger partial charge is 0.268 e. The van der Waals surface area contributed by atoms with Gasteiger partial charge in [-0.3, -0.25) is 15.2 Å². The van der Waals surface area contributed by atoms with Crippen LogP contribution in [-0.2, 0) is 6.61 Å². The molecule has 1 heterocycles. The Morgan fingerprint density at radius 1 is 1.09 bits per heavy atom. The zero-order valence-corrected chi connectivity index (χ0v) is 11.8. The molecule has 0 spiro atoms. The third kappa shape index (κ3) is 2.75. The van der Waals surface area contributed by atoms with E-state index in [1.54, 1.807) is 24.4 Å². The van der Waals surface area contributed by atoms with E-state index in [4.69, 9.17) is 10.6 Å². The fourth-order valence-electron chi connectivity index (χ4n) is 2.29. The van der Waals surface area contributed by atoms with Crippen molar-refractivity contribution < 1.29 is 9.53 Å². The van der Waals surface area contributed by atoms with Gasteiger partial charge in [-0.15, -0.1) is 0 Å². The molecule has 0 unspecified atom stereocenters. The molecule has 0 fully saturated rings. The van der Waals surface area contributed by atoms with Gasteiger partial charge in [-0.25, -0.2) is 5.84 Å². The molecule has 0 aliphatic carbocycles. The maximum absolute atomic E-state index is 11.7. The Kier molecular flexibility index (Phi) is 3.98. The van der Waals surface area contributed by atoms with Crippen molar-refractivity contribution in [3.63, 3.8) is 0 Å². The van der Waals surface area contributed by atoms with E-state index < -0.39 is 0 Å². The number of hydrazine groups is 1. The summed E-state index contributed by atoms with van der Waals surface area (Å²) in [7, 11) is 0. The van der Waals surface area contributed by atoms with E-state index in [9.17, 15) is 4.79 Å². The molecule has 0 radical (unpaired) electrons. The number of rotatable bonds is 4. The predicted octanol–water partition coefficient (Wildman–Crippen LogP) is 2.42. The molecule has 110 valence electrons. The molecule has 22 heavy (non-hydrogen) atoms. The first kappa shape index (κ1) is 14.0. The average Bonchev–Trinajstić information content (AvgIpc) is 2.59. The number of ether oxygens (including phenoxy) is 1. The van der Waals surface area contributed by atoms with E-state index in [1.165, 1.54) is 0 Å². The summed E-state index contributed by atoms with van der Waals surface area (Å²) in [6, 6.07) is 16.8. The number of fused-ring (bicyclic) bond motifs is 1. The van der Waals surface area contributed by atoms with Crippen LogP contribution in [0.2, 0.25) is 0 Å². The lowest BCUT2D eigenvalue weighted by Crippen LogP contribution is -2.30. The second-order valence-corrected chi connectivity index (χ2v) is 4.75. The SMILES string of the molecule is NNC(=O)c1ccccc1OCc1ccnc2ccccc12. The van der Waals surface area contributed by atoms with Gasteiger partial charge in [-0.1, -0.05) is 30.3 Å². The molecular weight excluding hydrogens is 278 g/mol. The highest BCUT2D eigenvalue weighted by molar-refractivity contribution is 5.96. The van der Waals surface area contributed by atoms with Crippen molar-refractivity contribution in [2.24, 2.45) is 5.84 Å². The summed E-state index contributed by atoms with van der Waals surface area (Å²) in [5.74, 6) is 5.30. The number of amides is 1. The summed E-state index contributed by atoms with van der Waals surface area (Å²) in [5.41, 5.74) is 4.45. The second kappa shape index (κ2) is 6.24. The number of nitrogens with zero attached hydrogens (tertiary/aromatic N) is 1. The molecule has 5 heteroatoms. The standard InChI is InChI=1S/C17H15N3O2/c18-20-17(21)14-6-2-4-8-16(14)22-11-12-9-10-19-15-7-3-1-5-13(12)15/h1-10H,11,18H2,(H,20,21). The number of nitrogens with one attached hydrogen (secondary N) is 1. The zero-order chi connectivity index (χ0) is 15.4. The van der Waals surface area contributed by atoms with Crippen LogP contribution < -0.4 is 16.0 Å². The zero-order valence-electron chi connectivity index (χ0n) is 11.8. The minimum Gasteiger partial charge on any atom is -0.488 e. The molecule has 3 aromatic rings. The van der Waals surface area contributed by atoms with E-state index in [0.29, 0.717) is 17.9 Å². The van der Waals surface area contributed by atoms with Crippen LogP contribution in [0, 0.1) is 0 Å². The number of nitrogen functional groups attached to an aromatic ring is 1. The third-order valence-corrected chi connectivity index (χ3v) is 3.39. The van der Waals surface area contributed by atoms with Crippen molar-refractivity contribution in [3.05, 3.63) is 71.9 Å². The molecule has 3 rings (SSSR count). The monoisotopic (exact) mass is 293 g/mol. The molecular formula is C17H15N3O2. The lowest BCUT2D eigenvalue weighted by molar-refractivity contribution is 0.0949. The van der Waals surface area contributed by atoms with E-state index in [-0.39, 0.29) is 5.91 Å². The molecule has 0 aliphatic heterocycles. The molecule has 1 aromatic heterocycles. The van der Waals surface area contributed by atoms with Gasteiger partial charge in [-0.05, 0) is 24.3 Å². The largest absolute Gasteiger partial charge is 0.488 e. The van der Waals surface area contributed by atoms with Gasteiger partial charge in [0.1, 0.15) is 12.4 Å². The van der Waals surface area contributed by atoms with Gasteiger partial charge in [0.15, 0.2) is 0 Å². The summed E-state index contributed by atoms with van der Waals surface area (Å²) in [6.45, 7) is 0.345. The van der Waals surface area contributed by atoms with E-state index in [2.05, 4.69) is 10.4 Å². The van der Waals surface area contributed by atoms with Crippen molar-refractivity contribution in [3.8, 4) is 5.75 Å². The number of hydrogen-bond donors (Lipinski definition) is 2. The summed E-state index contributed by atoms with van der Waals surface area (Å²) >= 11 is 0. The van der Waals surface area contributed by atoms with E-state index >= 15 is 0 Å². The molecule has 0 aliphatic rings. The summed E-state index contributed by atoms with van der Waals surface area (Å²) < 4.78 is 5.81. The van der Waals surface area contributed by atoms with Gasteiger partial charge in [0.05, 0.1) is 11.1 Å². The number of nitrogens with two attached hydrogens (primary N) is 1. The number of aromatic nitrogens is 1. The van der Waals surface area contributed by atoms with Gasteiger partial charge in [0.2, 0.25) is 0 Å². The highest BCUT2D eigenvalue weighted by atomic mass is 16.5. The topological polar surface area (TPSA) is 77.2 Å². The van der Waals surface area contributed by atoms with E-state index in [1.807, 2.05) is 36.4 Å². The summed E-state index contributed by atoms with van der Waals surface area (Å²) in [4.78, 5) is 16.1. The van der Waals surface area contributed by atoms with Crippen LogP contribution >= 0.6 is 0 Å². The van der Waals surface area contributed by atoms with Crippen molar-refractivity contribution >= 4 is 16.8 Å². The second-order valence-electron chi connectivity index (χ2n) is 4.75. The average molecular weight is 293 g/mol. The van der Waals surface area contributed by atoms with E-state index in [0.717, 1.165) is 16.5 Å². The van der Waals surface area contributed by atoms with Crippen LogP contribution in [-0.4, -0.2) is 10.9 Å². The summed E-state index contributed by atoms with van der Waals surface area (Å²) in [5, 5.41) is 1.03. The molecule has 0 saturated heterocycles. The molecule has 0 saturated carbocycles. The first-order chi connectivity index (χ1) is 10.8. The van der Waals surface area contributed by atoms with Crippen LogP contribution in [0.25, 0.3) is 10.9 Å². The summed E-state index contributed by atoms with van der Waals surface area (Å²) in [6.07, 6.45) is 1.75. The van der Waals surface area contributed by atoms with Gasteiger partial charge in [0.25, 0.3) is 5.91 Å². The van der Waals surface area contributed by atoms with Gasteiger partial charge < -0.3 is 4.74 Å². The number of benzene rings is 2. The molecule has 3 N–H and O–H groups in total. The Morgan fingerprint density at radius 2 is 1.86 bits per heavy atom. The minimum absolute atomic E-state index is 0.345. The quantitative estimate of drug-likeness (QED) is 0.440. The molecule has 2 aromatic carbocycles. The lowest BCUT2D eigenvalue weighted by atomic mass is 10.1. The molecule has 5 nitrogen and oxygen atoms in total. The fourth-order valence-corrected chi connectivity index (χ4v) is 2.29. The Labute approximate surface area is 127 Å². The van der Waals surface area contributed by atoms with Gasteiger partial charge in [0, 0.05) is 17.1 Å². The van der Waals surface area contributed by atoms with Crippen LogP contribution in [0.5, 0.6) is 5.75 Å². The number of carbonyl (C=O) groups is 1. The number of carbonyl (C=O) groups excluding carboxylic acids is 1. The Morgan fingerprint density at radius 3 is 2.73 bits per heavy atom. The Balaban J connectivity index is 1.88. The van der Waals surface area contributed by atoms with Crippen LogP contribution in [0.4, 0.5) is 0 Å². The van der Waals surface area contributed by atoms with Crippen molar-refractivity contribution in [2.75, 3.05) is 0 Å². The van der Waals surface area contributed by atoms with Crippen molar-refractivity contribution in [1.29, 1.82) is 0 Å². The normalized spacial score (nSPS) is 10.4. The first-order valence-electron chi connectivity index (χ1n) is 6.85. The number of pyridine rings is 1. The van der Waals surface area contributed by atoms with Gasteiger partial charge >= 0.3 is 0 Å².